The van der Waals surface area contributed by atoms with E-state index in [9.17, 15) is 0 Å². The molecule has 0 aliphatic heterocycles. The molecule has 11 aromatic rings. The van der Waals surface area contributed by atoms with Crippen LogP contribution in [0.1, 0.15) is 11.1 Å². The summed E-state index contributed by atoms with van der Waals surface area (Å²) in [5.41, 5.74) is 15.8. The molecule has 5 heteroatoms. The van der Waals surface area contributed by atoms with E-state index in [0.717, 1.165) is 116 Å². The first-order chi connectivity index (χ1) is 29.1. The van der Waals surface area contributed by atoms with Gasteiger partial charge < -0.3 is 0 Å². The number of nitrogens with zero attached hydrogens (tertiary/aromatic N) is 5. The van der Waals surface area contributed by atoms with Crippen LogP contribution >= 0.6 is 0 Å². The van der Waals surface area contributed by atoms with Gasteiger partial charge in [0.05, 0.1) is 44.5 Å². The number of benzene rings is 7. The Hall–Kier alpha value is -7.89. The molecule has 0 aliphatic carbocycles. The number of rotatable bonds is 6. The van der Waals surface area contributed by atoms with Gasteiger partial charge in [0.2, 0.25) is 0 Å². The fourth-order valence-corrected chi connectivity index (χ4v) is 8.78. The van der Waals surface area contributed by atoms with Crippen LogP contribution < -0.4 is 0 Å². The molecular weight excluding hydrogens is 719 g/mol. The van der Waals surface area contributed by atoms with Gasteiger partial charge in [0.15, 0.2) is 0 Å². The lowest BCUT2D eigenvalue weighted by atomic mass is 9.92. The van der Waals surface area contributed by atoms with Crippen molar-refractivity contribution in [3.8, 4) is 44.8 Å². The van der Waals surface area contributed by atoms with Crippen LogP contribution in [-0.2, 0) is 0 Å². The lowest BCUT2D eigenvalue weighted by molar-refractivity contribution is 1.33. The fourth-order valence-electron chi connectivity index (χ4n) is 8.78. The summed E-state index contributed by atoms with van der Waals surface area (Å²) in [7, 11) is 0. The van der Waals surface area contributed by atoms with Gasteiger partial charge in [-0.25, -0.2) is 19.9 Å². The first-order valence-electron chi connectivity index (χ1n) is 19.8. The van der Waals surface area contributed by atoms with Crippen molar-refractivity contribution in [2.45, 2.75) is 6.92 Å². The second-order valence-electron chi connectivity index (χ2n) is 14.9. The van der Waals surface area contributed by atoms with Crippen molar-refractivity contribution in [2.24, 2.45) is 4.99 Å². The molecule has 0 atom stereocenters. The Balaban J connectivity index is 1.10. The molecule has 4 aromatic heterocycles. The van der Waals surface area contributed by atoms with Crippen molar-refractivity contribution in [1.29, 1.82) is 0 Å². The van der Waals surface area contributed by atoms with Gasteiger partial charge in [0.1, 0.15) is 0 Å². The molecule has 0 saturated carbocycles. The summed E-state index contributed by atoms with van der Waals surface area (Å²) in [6.45, 7) is 5.90. The summed E-state index contributed by atoms with van der Waals surface area (Å²) in [5, 5.41) is 6.46. The first-order valence-corrected chi connectivity index (χ1v) is 19.8. The van der Waals surface area contributed by atoms with E-state index in [-0.39, 0.29) is 0 Å². The third kappa shape index (κ3) is 5.66. The topological polar surface area (TPSA) is 63.9 Å². The zero-order valence-electron chi connectivity index (χ0n) is 32.3. The Bertz CT molecular complexity index is 3520. The largest absolute Gasteiger partial charge is 0.272 e. The van der Waals surface area contributed by atoms with Gasteiger partial charge in [-0.3, -0.25) is 4.99 Å². The summed E-state index contributed by atoms with van der Waals surface area (Å²) < 4.78 is 0. The monoisotopic (exact) mass is 753 g/mol. The summed E-state index contributed by atoms with van der Waals surface area (Å²) in [5.74, 6) is 0. The number of aromatic nitrogens is 4. The van der Waals surface area contributed by atoms with Crippen LogP contribution in [0, 0.1) is 6.92 Å². The summed E-state index contributed by atoms with van der Waals surface area (Å²) >= 11 is 0. The first kappa shape index (κ1) is 34.4. The second kappa shape index (κ2) is 13.9. The molecular formula is C54H35N5. The van der Waals surface area contributed by atoms with Crippen molar-refractivity contribution >= 4 is 78.2 Å². The zero-order valence-corrected chi connectivity index (χ0v) is 32.3. The summed E-state index contributed by atoms with van der Waals surface area (Å²) in [6.07, 6.45) is 3.76. The minimum Gasteiger partial charge on any atom is -0.272 e. The van der Waals surface area contributed by atoms with E-state index in [4.69, 9.17) is 19.9 Å². The Morgan fingerprint density at radius 3 is 1.41 bits per heavy atom. The maximum atomic E-state index is 5.39. The van der Waals surface area contributed by atoms with Gasteiger partial charge >= 0.3 is 0 Å². The maximum Gasteiger partial charge on any atom is 0.0978 e. The number of pyridine rings is 4. The van der Waals surface area contributed by atoms with E-state index in [1.165, 1.54) is 5.56 Å². The molecule has 4 heterocycles. The lowest BCUT2D eigenvalue weighted by Gasteiger charge is -2.16. The Morgan fingerprint density at radius 2 is 0.881 bits per heavy atom. The SMILES string of the molecule is C=N/C=C\c1c(-c2ccc3ccc4c(-c5ccccc5)c5ccccc5nc4c3n2)ccc(-c2ccc3ccc4c(-c5ccccc5)c5ccccc5nc4c3n2)c1C. The number of fused-ring (bicyclic) bond motifs is 8. The molecule has 0 radical (unpaired) electrons. The molecule has 7 aromatic carbocycles. The maximum absolute atomic E-state index is 5.39. The quantitative estimate of drug-likeness (QED) is 0.0963. The Labute approximate surface area is 340 Å². The van der Waals surface area contributed by atoms with Gasteiger partial charge in [0, 0.05) is 60.8 Å². The molecule has 11 rings (SSSR count). The molecule has 0 N–H and O–H groups in total. The van der Waals surface area contributed by atoms with E-state index in [2.05, 4.69) is 176 Å². The lowest BCUT2D eigenvalue weighted by Crippen LogP contribution is -1.97. The molecule has 276 valence electrons. The summed E-state index contributed by atoms with van der Waals surface area (Å²) in [6, 6.07) is 59.4. The molecule has 0 spiro atoms. The molecule has 0 saturated heterocycles. The van der Waals surface area contributed by atoms with Crippen LogP contribution in [0.4, 0.5) is 0 Å². The third-order valence-corrected chi connectivity index (χ3v) is 11.6. The van der Waals surface area contributed by atoms with Crippen molar-refractivity contribution in [1.82, 2.24) is 19.9 Å². The smallest absolute Gasteiger partial charge is 0.0978 e. The van der Waals surface area contributed by atoms with Crippen molar-refractivity contribution in [3.63, 3.8) is 0 Å². The van der Waals surface area contributed by atoms with Crippen LogP contribution in [0.2, 0.25) is 0 Å². The number of para-hydroxylation sites is 2. The molecule has 0 bridgehead atoms. The minimum absolute atomic E-state index is 0.849. The van der Waals surface area contributed by atoms with E-state index >= 15 is 0 Å². The van der Waals surface area contributed by atoms with Crippen LogP contribution in [0.5, 0.6) is 0 Å². The fraction of sp³-hybridized carbons (Fsp3) is 0.0185. The molecule has 0 amide bonds. The molecule has 0 unspecified atom stereocenters. The van der Waals surface area contributed by atoms with E-state index in [1.54, 1.807) is 6.20 Å². The van der Waals surface area contributed by atoms with Crippen LogP contribution in [0.3, 0.4) is 0 Å². The van der Waals surface area contributed by atoms with Gasteiger partial charge in [-0.05, 0) is 66.2 Å². The van der Waals surface area contributed by atoms with E-state index in [1.807, 2.05) is 18.2 Å². The number of hydrogen-bond acceptors (Lipinski definition) is 5. The van der Waals surface area contributed by atoms with Crippen LogP contribution in [0.15, 0.2) is 181 Å². The minimum atomic E-state index is 0.849. The summed E-state index contributed by atoms with van der Waals surface area (Å²) in [4.78, 5) is 25.4. The van der Waals surface area contributed by atoms with Gasteiger partial charge in [-0.1, -0.05) is 146 Å². The molecule has 0 fully saturated rings. The van der Waals surface area contributed by atoms with Gasteiger partial charge in [0.25, 0.3) is 0 Å². The normalized spacial score (nSPS) is 11.8. The van der Waals surface area contributed by atoms with Crippen molar-refractivity contribution in [2.75, 3.05) is 0 Å². The molecule has 59 heavy (non-hydrogen) atoms. The predicted octanol–water partition coefficient (Wildman–Crippen LogP) is 13.8. The average Bonchev–Trinajstić information content (AvgIpc) is 3.29. The van der Waals surface area contributed by atoms with Gasteiger partial charge in [-0.15, -0.1) is 0 Å². The highest BCUT2D eigenvalue weighted by molar-refractivity contribution is 6.17. The predicted molar refractivity (Wildman–Crippen MR) is 248 cm³/mol. The second-order valence-corrected chi connectivity index (χ2v) is 14.9. The Morgan fingerprint density at radius 1 is 0.424 bits per heavy atom. The third-order valence-electron chi connectivity index (χ3n) is 11.6. The molecule has 5 nitrogen and oxygen atoms in total. The highest BCUT2D eigenvalue weighted by Crippen LogP contribution is 2.41. The van der Waals surface area contributed by atoms with Crippen LogP contribution in [0.25, 0.3) is 116 Å². The highest BCUT2D eigenvalue weighted by Gasteiger charge is 2.19. The Kier molecular flexibility index (Phi) is 8.12. The number of hydrogen-bond donors (Lipinski definition) is 0. The zero-order chi connectivity index (χ0) is 39.5. The average molecular weight is 754 g/mol. The number of aliphatic imine (C=N–C) groups is 1. The van der Waals surface area contributed by atoms with Crippen molar-refractivity contribution in [3.05, 3.63) is 187 Å². The van der Waals surface area contributed by atoms with Crippen LogP contribution in [-0.4, -0.2) is 26.7 Å². The van der Waals surface area contributed by atoms with E-state index < -0.39 is 0 Å². The van der Waals surface area contributed by atoms with E-state index in [0.29, 0.717) is 0 Å². The molecule has 0 aliphatic rings. The van der Waals surface area contributed by atoms with Gasteiger partial charge in [-0.2, -0.15) is 0 Å². The highest BCUT2D eigenvalue weighted by atomic mass is 14.8. The standard InChI is InChI=1S/C54H35N5/c1-33-38(31-32-55-2)40(48-30-24-37-22-26-44-50(35-15-7-4-8-16-35)42-18-10-12-20-46(42)59-54(44)52(37)57-48)28-27-39(33)47-29-23-36-21-25-43-49(34-13-5-3-6-14-34)41-17-9-11-19-45(41)58-53(43)51(36)56-47/h3-32H,2H2,1H3/b32-31-. The van der Waals surface area contributed by atoms with Crippen molar-refractivity contribution < 1.29 is 0 Å².